The van der Waals surface area contributed by atoms with Gasteiger partial charge in [-0.2, -0.15) is 0 Å². The number of hydrogen-bond acceptors (Lipinski definition) is 4. The smallest absolute Gasteiger partial charge is 0.0583 e. The van der Waals surface area contributed by atoms with Crippen molar-refractivity contribution in [1.82, 2.24) is 0 Å². The summed E-state index contributed by atoms with van der Waals surface area (Å²) in [5.74, 6) is 0. The van der Waals surface area contributed by atoms with E-state index in [1.54, 1.807) is 0 Å². The van der Waals surface area contributed by atoms with Crippen LogP contribution in [0.5, 0.6) is 0 Å². The van der Waals surface area contributed by atoms with Gasteiger partial charge < -0.3 is 21.7 Å². The molecule has 0 aromatic rings. The van der Waals surface area contributed by atoms with Gasteiger partial charge in [-0.15, -0.1) is 11.6 Å². The second kappa shape index (κ2) is 6.62. The summed E-state index contributed by atoms with van der Waals surface area (Å²) in [6, 6.07) is -0.586. The topological polar surface area (TPSA) is 92.5 Å². The average molecular weight is 197 g/mol. The summed E-state index contributed by atoms with van der Waals surface area (Å²) in [5.41, 5.74) is 10.9. The van der Waals surface area contributed by atoms with E-state index in [0.29, 0.717) is 12.8 Å². The molecule has 0 bridgehead atoms. The summed E-state index contributed by atoms with van der Waals surface area (Å²) < 4.78 is 0. The first kappa shape index (κ1) is 12.1. The zero-order valence-corrected chi connectivity index (χ0v) is 7.74. The van der Waals surface area contributed by atoms with E-state index in [2.05, 4.69) is 0 Å². The molecule has 0 aliphatic heterocycles. The quantitative estimate of drug-likeness (QED) is 0.411. The second-order valence-electron chi connectivity index (χ2n) is 2.95. The number of rotatable bonds is 6. The lowest BCUT2D eigenvalue weighted by Gasteiger charge is -2.16. The van der Waals surface area contributed by atoms with E-state index < -0.39 is 0 Å². The van der Waals surface area contributed by atoms with Crippen molar-refractivity contribution in [3.63, 3.8) is 0 Å². The molecule has 12 heavy (non-hydrogen) atoms. The van der Waals surface area contributed by atoms with Gasteiger partial charge in [0.25, 0.3) is 0 Å². The Morgan fingerprint density at radius 3 is 1.58 bits per heavy atom. The summed E-state index contributed by atoms with van der Waals surface area (Å²) in [5, 5.41) is 17.0. The Hall–Kier alpha value is 0.130. The van der Waals surface area contributed by atoms with E-state index in [0.717, 1.165) is 0 Å². The van der Waals surface area contributed by atoms with Crippen LogP contribution in [0.3, 0.4) is 0 Å². The van der Waals surface area contributed by atoms with Crippen molar-refractivity contribution in [2.24, 2.45) is 11.5 Å². The molecule has 0 aromatic heterocycles. The van der Waals surface area contributed by atoms with Gasteiger partial charge in [0.2, 0.25) is 0 Å². The predicted molar refractivity (Wildman–Crippen MR) is 49.0 cm³/mol. The third-order valence-corrected chi connectivity index (χ3v) is 1.94. The van der Waals surface area contributed by atoms with E-state index in [4.69, 9.17) is 33.3 Å². The molecular formula is C7H17ClN2O2. The average Bonchev–Trinajstić information content (AvgIpc) is 2.03. The monoisotopic (exact) mass is 196 g/mol. The molecule has 0 amide bonds. The first-order chi connectivity index (χ1) is 5.60. The SMILES string of the molecule is NC(CO)CC(Cl)CC(N)CO. The molecule has 0 heterocycles. The zero-order valence-electron chi connectivity index (χ0n) is 6.99. The van der Waals surface area contributed by atoms with Crippen molar-refractivity contribution in [2.75, 3.05) is 13.2 Å². The van der Waals surface area contributed by atoms with Gasteiger partial charge in [-0.25, -0.2) is 0 Å². The van der Waals surface area contributed by atoms with Crippen LogP contribution in [0.2, 0.25) is 0 Å². The van der Waals surface area contributed by atoms with Crippen LogP contribution in [0.4, 0.5) is 0 Å². The molecule has 4 nitrogen and oxygen atoms in total. The maximum atomic E-state index is 8.61. The zero-order chi connectivity index (χ0) is 9.56. The molecule has 5 heteroatoms. The number of halogens is 1. The lowest BCUT2D eigenvalue weighted by Crippen LogP contribution is -2.32. The number of aliphatic hydroxyl groups is 2. The third kappa shape index (κ3) is 5.74. The van der Waals surface area contributed by atoms with Crippen LogP contribution < -0.4 is 11.5 Å². The van der Waals surface area contributed by atoms with Crippen LogP contribution in [0.15, 0.2) is 0 Å². The minimum absolute atomic E-state index is 0.0718. The fraction of sp³-hybridized carbons (Fsp3) is 1.00. The normalized spacial score (nSPS) is 18.8. The van der Waals surface area contributed by atoms with Crippen molar-refractivity contribution in [3.05, 3.63) is 0 Å². The van der Waals surface area contributed by atoms with E-state index in [9.17, 15) is 0 Å². The van der Waals surface area contributed by atoms with Gasteiger partial charge in [-0.3, -0.25) is 0 Å². The van der Waals surface area contributed by atoms with Gasteiger partial charge in [0.05, 0.1) is 13.2 Å². The Kier molecular flexibility index (Phi) is 6.70. The first-order valence-electron chi connectivity index (χ1n) is 3.97. The molecule has 0 rings (SSSR count). The van der Waals surface area contributed by atoms with Gasteiger partial charge >= 0.3 is 0 Å². The summed E-state index contributed by atoms with van der Waals surface area (Å²) in [6.07, 6.45) is 1.04. The molecule has 2 atom stereocenters. The Morgan fingerprint density at radius 2 is 1.33 bits per heavy atom. The Balaban J connectivity index is 3.51. The molecule has 0 radical (unpaired) electrons. The molecule has 2 unspecified atom stereocenters. The van der Waals surface area contributed by atoms with E-state index in [-0.39, 0.29) is 30.7 Å². The summed E-state index contributed by atoms with van der Waals surface area (Å²) in [7, 11) is 0. The lowest BCUT2D eigenvalue weighted by molar-refractivity contribution is 0.244. The highest BCUT2D eigenvalue weighted by molar-refractivity contribution is 6.20. The second-order valence-corrected chi connectivity index (χ2v) is 3.57. The fourth-order valence-corrected chi connectivity index (χ4v) is 1.36. The Bertz CT molecular complexity index is 104. The van der Waals surface area contributed by atoms with Gasteiger partial charge in [-0.1, -0.05) is 0 Å². The molecule has 0 saturated carbocycles. The molecule has 0 spiro atoms. The van der Waals surface area contributed by atoms with Gasteiger partial charge in [0, 0.05) is 17.5 Å². The highest BCUT2D eigenvalue weighted by Crippen LogP contribution is 2.10. The fourth-order valence-electron chi connectivity index (χ4n) is 0.902. The predicted octanol–water partition coefficient (Wildman–Crippen LogP) is -0.987. The van der Waals surface area contributed by atoms with Crippen molar-refractivity contribution in [2.45, 2.75) is 30.3 Å². The molecule has 0 aliphatic carbocycles. The van der Waals surface area contributed by atoms with Crippen molar-refractivity contribution >= 4 is 11.6 Å². The summed E-state index contributed by atoms with van der Waals surface area (Å²) in [6.45, 7) is -0.144. The lowest BCUT2D eigenvalue weighted by atomic mass is 10.1. The largest absolute Gasteiger partial charge is 0.395 e. The maximum Gasteiger partial charge on any atom is 0.0583 e. The van der Waals surface area contributed by atoms with Crippen LogP contribution in [0.1, 0.15) is 12.8 Å². The van der Waals surface area contributed by atoms with Crippen LogP contribution in [0, 0.1) is 0 Å². The third-order valence-electron chi connectivity index (χ3n) is 1.59. The first-order valence-corrected chi connectivity index (χ1v) is 4.40. The highest BCUT2D eigenvalue weighted by Gasteiger charge is 2.13. The van der Waals surface area contributed by atoms with Crippen LogP contribution in [-0.2, 0) is 0 Å². The van der Waals surface area contributed by atoms with E-state index in [1.165, 1.54) is 0 Å². The molecule has 74 valence electrons. The number of nitrogens with two attached hydrogens (primary N) is 2. The minimum atomic E-state index is -0.293. The summed E-state index contributed by atoms with van der Waals surface area (Å²) >= 11 is 5.85. The number of hydrogen-bond donors (Lipinski definition) is 4. The number of alkyl halides is 1. The van der Waals surface area contributed by atoms with E-state index >= 15 is 0 Å². The number of aliphatic hydroxyl groups excluding tert-OH is 2. The molecule has 0 aromatic carbocycles. The van der Waals surface area contributed by atoms with Gasteiger partial charge in [0.1, 0.15) is 0 Å². The maximum absolute atomic E-state index is 8.61. The van der Waals surface area contributed by atoms with Gasteiger partial charge in [0.15, 0.2) is 0 Å². The molecule has 0 aliphatic rings. The van der Waals surface area contributed by atoms with Crippen molar-refractivity contribution in [3.8, 4) is 0 Å². The van der Waals surface area contributed by atoms with Crippen LogP contribution >= 0.6 is 11.6 Å². The Labute approximate surface area is 77.5 Å². The molecule has 0 fully saturated rings. The van der Waals surface area contributed by atoms with E-state index in [1.807, 2.05) is 0 Å². The van der Waals surface area contributed by atoms with Gasteiger partial charge in [-0.05, 0) is 12.8 Å². The standard InChI is InChI=1S/C7H17ClN2O2/c8-5(1-6(9)3-11)2-7(10)4-12/h5-7,11-12H,1-4,9-10H2. The highest BCUT2D eigenvalue weighted by atomic mass is 35.5. The van der Waals surface area contributed by atoms with Crippen molar-refractivity contribution in [1.29, 1.82) is 0 Å². The van der Waals surface area contributed by atoms with Crippen molar-refractivity contribution < 1.29 is 10.2 Å². The van der Waals surface area contributed by atoms with Crippen LogP contribution in [0.25, 0.3) is 0 Å². The molecular weight excluding hydrogens is 180 g/mol. The molecule has 0 saturated heterocycles. The van der Waals surface area contributed by atoms with Crippen LogP contribution in [-0.4, -0.2) is 40.9 Å². The minimum Gasteiger partial charge on any atom is -0.395 e. The Morgan fingerprint density at radius 1 is 1.00 bits per heavy atom. The summed E-state index contributed by atoms with van der Waals surface area (Å²) in [4.78, 5) is 0. The molecule has 6 N–H and O–H groups in total.